The predicted octanol–water partition coefficient (Wildman–Crippen LogP) is 2.27. The molecule has 2 rings (SSSR count). The first-order valence-corrected chi connectivity index (χ1v) is 8.50. The predicted molar refractivity (Wildman–Crippen MR) is 97.2 cm³/mol. The van der Waals surface area contributed by atoms with Gasteiger partial charge in [0.25, 0.3) is 5.91 Å². The summed E-state index contributed by atoms with van der Waals surface area (Å²) in [6.07, 6.45) is 1.24. The smallest absolute Gasteiger partial charge is 0.251 e. The van der Waals surface area contributed by atoms with Crippen LogP contribution in [0.25, 0.3) is 11.1 Å². The monoisotopic (exact) mass is 343 g/mol. The fourth-order valence-corrected chi connectivity index (χ4v) is 2.57. The van der Waals surface area contributed by atoms with Crippen LogP contribution < -0.4 is 5.32 Å². The van der Waals surface area contributed by atoms with E-state index in [2.05, 4.69) is 5.32 Å². The van der Waals surface area contributed by atoms with Crippen LogP contribution >= 0.6 is 0 Å². The number of aliphatic hydroxyl groups excluding tert-OH is 3. The lowest BCUT2D eigenvalue weighted by Gasteiger charge is -2.13. The van der Waals surface area contributed by atoms with E-state index in [0.717, 1.165) is 29.5 Å². The van der Waals surface area contributed by atoms with Crippen LogP contribution in [0.5, 0.6) is 0 Å². The molecule has 134 valence electrons. The third-order valence-corrected chi connectivity index (χ3v) is 4.11. The first kappa shape index (κ1) is 19.1. The summed E-state index contributed by atoms with van der Waals surface area (Å²) < 4.78 is 0. The van der Waals surface area contributed by atoms with Gasteiger partial charge in [0.2, 0.25) is 0 Å². The summed E-state index contributed by atoms with van der Waals surface area (Å²) in [5.74, 6) is -0.335. The number of hydrogen-bond donors (Lipinski definition) is 4. The minimum Gasteiger partial charge on any atom is -0.394 e. The van der Waals surface area contributed by atoms with Gasteiger partial charge in [0.1, 0.15) is 0 Å². The average Bonchev–Trinajstić information content (AvgIpc) is 2.66. The van der Waals surface area contributed by atoms with Crippen molar-refractivity contribution in [3.63, 3.8) is 0 Å². The summed E-state index contributed by atoms with van der Waals surface area (Å²) in [6.45, 7) is 1.42. The van der Waals surface area contributed by atoms with Gasteiger partial charge in [-0.1, -0.05) is 49.7 Å². The number of carbonyl (C=O) groups excluding carboxylic acids is 1. The van der Waals surface area contributed by atoms with Gasteiger partial charge in [-0.2, -0.15) is 0 Å². The molecule has 5 heteroatoms. The molecule has 0 aromatic heterocycles. The quantitative estimate of drug-likeness (QED) is 0.592. The van der Waals surface area contributed by atoms with Gasteiger partial charge in [-0.25, -0.2) is 0 Å². The Morgan fingerprint density at radius 3 is 1.96 bits per heavy atom. The molecule has 4 N–H and O–H groups in total. The molecule has 0 fully saturated rings. The Balaban J connectivity index is 2.08. The van der Waals surface area contributed by atoms with Crippen LogP contribution in [0.2, 0.25) is 0 Å². The lowest BCUT2D eigenvalue weighted by atomic mass is 9.99. The Bertz CT molecular complexity index is 663. The molecule has 5 nitrogen and oxygen atoms in total. The highest BCUT2D eigenvalue weighted by Crippen LogP contribution is 2.24. The lowest BCUT2D eigenvalue weighted by molar-refractivity contribution is 0.0879. The molecular formula is C20H25NO4. The largest absolute Gasteiger partial charge is 0.394 e. The van der Waals surface area contributed by atoms with Crippen LogP contribution in [-0.4, -0.2) is 40.5 Å². The fraction of sp³-hybridized carbons (Fsp3) is 0.350. The van der Waals surface area contributed by atoms with E-state index in [1.807, 2.05) is 43.3 Å². The van der Waals surface area contributed by atoms with Crippen LogP contribution in [0, 0.1) is 0 Å². The van der Waals surface area contributed by atoms with Crippen LogP contribution in [0.3, 0.4) is 0 Å². The van der Waals surface area contributed by atoms with Gasteiger partial charge in [0.15, 0.2) is 0 Å². The van der Waals surface area contributed by atoms with Gasteiger partial charge in [-0.15, -0.1) is 0 Å². The van der Waals surface area contributed by atoms with Crippen LogP contribution in [0.1, 0.15) is 41.8 Å². The van der Waals surface area contributed by atoms with E-state index in [1.165, 1.54) is 0 Å². The van der Waals surface area contributed by atoms with E-state index >= 15 is 0 Å². The third-order valence-electron chi connectivity index (χ3n) is 4.11. The number of nitrogens with one attached hydrogen (secondary N) is 1. The van der Waals surface area contributed by atoms with E-state index in [-0.39, 0.29) is 19.1 Å². The number of benzene rings is 2. The molecule has 1 amide bonds. The van der Waals surface area contributed by atoms with Gasteiger partial charge in [-0.3, -0.25) is 4.79 Å². The van der Waals surface area contributed by atoms with Crippen molar-refractivity contribution in [2.75, 3.05) is 13.2 Å². The van der Waals surface area contributed by atoms with Crippen LogP contribution in [-0.2, 0) is 0 Å². The zero-order valence-electron chi connectivity index (χ0n) is 14.4. The first-order valence-electron chi connectivity index (χ1n) is 8.50. The molecule has 0 aliphatic heterocycles. The molecule has 1 atom stereocenters. The number of hydrogen-bond acceptors (Lipinski definition) is 4. The molecule has 0 heterocycles. The molecule has 2 aromatic carbocycles. The van der Waals surface area contributed by atoms with Crippen molar-refractivity contribution in [1.82, 2.24) is 5.32 Å². The zero-order chi connectivity index (χ0) is 18.2. The molecule has 25 heavy (non-hydrogen) atoms. The van der Waals surface area contributed by atoms with Crippen LogP contribution in [0.4, 0.5) is 0 Å². The molecule has 0 aliphatic carbocycles. The number of carbonyl (C=O) groups is 1. The second kappa shape index (κ2) is 9.32. The van der Waals surface area contributed by atoms with Gasteiger partial charge >= 0.3 is 0 Å². The van der Waals surface area contributed by atoms with E-state index in [0.29, 0.717) is 5.56 Å². The second-order valence-electron chi connectivity index (χ2n) is 6.04. The molecule has 0 aliphatic rings. The Labute approximate surface area is 148 Å². The van der Waals surface area contributed by atoms with Crippen molar-refractivity contribution in [3.8, 4) is 11.1 Å². The van der Waals surface area contributed by atoms with Gasteiger partial charge in [-0.05, 0) is 35.2 Å². The number of rotatable bonds is 8. The molecule has 0 saturated heterocycles. The Morgan fingerprint density at radius 1 is 0.960 bits per heavy atom. The van der Waals surface area contributed by atoms with E-state index < -0.39 is 12.1 Å². The van der Waals surface area contributed by atoms with E-state index in [4.69, 9.17) is 10.2 Å². The number of aliphatic hydroxyl groups is 3. The highest BCUT2D eigenvalue weighted by Gasteiger charge is 2.12. The maximum absolute atomic E-state index is 12.0. The molecule has 0 spiro atoms. The zero-order valence-corrected chi connectivity index (χ0v) is 14.4. The minimum atomic E-state index is -0.658. The summed E-state index contributed by atoms with van der Waals surface area (Å²) in [6, 6.07) is 14.2. The lowest BCUT2D eigenvalue weighted by Crippen LogP contribution is -2.40. The summed E-state index contributed by atoms with van der Waals surface area (Å²) in [5, 5.41) is 30.6. The molecule has 0 bridgehead atoms. The second-order valence-corrected chi connectivity index (χ2v) is 6.04. The summed E-state index contributed by atoms with van der Waals surface area (Å²) in [7, 11) is 0. The van der Waals surface area contributed by atoms with Crippen molar-refractivity contribution < 1.29 is 20.1 Å². The van der Waals surface area contributed by atoms with Crippen molar-refractivity contribution in [3.05, 3.63) is 59.7 Å². The van der Waals surface area contributed by atoms with Gasteiger partial charge in [0.05, 0.1) is 25.4 Å². The van der Waals surface area contributed by atoms with Crippen molar-refractivity contribution in [1.29, 1.82) is 0 Å². The van der Waals surface area contributed by atoms with Crippen molar-refractivity contribution in [2.24, 2.45) is 0 Å². The highest BCUT2D eigenvalue weighted by molar-refractivity contribution is 5.94. The normalized spacial score (nSPS) is 12.2. The molecule has 0 saturated carbocycles. The third kappa shape index (κ3) is 5.13. The standard InChI is InChI=1S/C20H25NO4/c1-2-3-19(24)16-8-4-14(5-9-16)15-6-10-17(11-7-15)20(25)21-18(12-22)13-23/h4-11,18-19,22-24H,2-3,12-13H2,1H3,(H,21,25). The van der Waals surface area contributed by atoms with Crippen molar-refractivity contribution >= 4 is 5.91 Å². The average molecular weight is 343 g/mol. The molecule has 2 aromatic rings. The maximum Gasteiger partial charge on any atom is 0.251 e. The van der Waals surface area contributed by atoms with Crippen molar-refractivity contribution in [2.45, 2.75) is 31.9 Å². The SMILES string of the molecule is CCCC(O)c1ccc(-c2ccc(C(=O)NC(CO)CO)cc2)cc1. The maximum atomic E-state index is 12.0. The topological polar surface area (TPSA) is 89.8 Å². The van der Waals surface area contributed by atoms with E-state index in [1.54, 1.807) is 12.1 Å². The number of amides is 1. The first-order chi connectivity index (χ1) is 12.1. The Morgan fingerprint density at radius 2 is 1.48 bits per heavy atom. The summed E-state index contributed by atoms with van der Waals surface area (Å²) in [4.78, 5) is 12.0. The molecule has 1 unspecified atom stereocenters. The summed E-state index contributed by atoms with van der Waals surface area (Å²) >= 11 is 0. The minimum absolute atomic E-state index is 0.309. The Hall–Kier alpha value is -2.21. The van der Waals surface area contributed by atoms with Gasteiger partial charge < -0.3 is 20.6 Å². The summed E-state index contributed by atoms with van der Waals surface area (Å²) in [5.41, 5.74) is 3.34. The molecule has 0 radical (unpaired) electrons. The van der Waals surface area contributed by atoms with E-state index in [9.17, 15) is 9.90 Å². The van der Waals surface area contributed by atoms with Crippen LogP contribution in [0.15, 0.2) is 48.5 Å². The van der Waals surface area contributed by atoms with Gasteiger partial charge in [0, 0.05) is 5.56 Å². The fourth-order valence-electron chi connectivity index (χ4n) is 2.57. The highest BCUT2D eigenvalue weighted by atomic mass is 16.3. The molecular weight excluding hydrogens is 318 g/mol. The Kier molecular flexibility index (Phi) is 7.13.